The Morgan fingerprint density at radius 1 is 1.05 bits per heavy atom. The molecule has 5 nitrogen and oxygen atoms in total. The molecule has 0 saturated heterocycles. The van der Waals surface area contributed by atoms with E-state index in [9.17, 15) is 14.0 Å². The van der Waals surface area contributed by atoms with Gasteiger partial charge in [0.15, 0.2) is 5.11 Å². The van der Waals surface area contributed by atoms with Gasteiger partial charge in [-0.1, -0.05) is 12.1 Å². The van der Waals surface area contributed by atoms with Crippen LogP contribution in [-0.4, -0.2) is 22.1 Å². The maximum absolute atomic E-state index is 12.8. The molecule has 0 aromatic heterocycles. The predicted octanol–water partition coefficient (Wildman–Crippen LogP) is 2.65. The Labute approximate surface area is 130 Å². The minimum absolute atomic E-state index is 0.0286. The molecule has 0 aliphatic heterocycles. The standard InChI is InChI=1S/C15H11FN2O3S/c16-10-7-5-9(6-8-10)13(19)18-15(22)17-12-4-2-1-3-11(12)14(20)21/h1-8H,(H,20,21)(H2,17,18,19,22). The summed E-state index contributed by atoms with van der Waals surface area (Å²) in [5.41, 5.74) is 0.525. The van der Waals surface area contributed by atoms with Crippen LogP contribution in [-0.2, 0) is 0 Å². The lowest BCUT2D eigenvalue weighted by Gasteiger charge is -2.11. The van der Waals surface area contributed by atoms with Crippen LogP contribution < -0.4 is 10.6 Å². The Hall–Kier alpha value is -2.80. The molecule has 0 saturated carbocycles. The van der Waals surface area contributed by atoms with Gasteiger partial charge in [0.1, 0.15) is 5.82 Å². The third-order valence-corrected chi connectivity index (χ3v) is 2.94. The van der Waals surface area contributed by atoms with Crippen LogP contribution in [0, 0.1) is 5.82 Å². The molecule has 0 unspecified atom stereocenters. The molecule has 2 rings (SSSR count). The van der Waals surface area contributed by atoms with Gasteiger partial charge in [-0.25, -0.2) is 9.18 Å². The fourth-order valence-electron chi connectivity index (χ4n) is 1.71. The van der Waals surface area contributed by atoms with Crippen molar-refractivity contribution in [1.82, 2.24) is 5.32 Å². The number of para-hydroxylation sites is 1. The molecule has 2 aromatic rings. The quantitative estimate of drug-likeness (QED) is 0.758. The second-order valence-corrected chi connectivity index (χ2v) is 4.67. The summed E-state index contributed by atoms with van der Waals surface area (Å²) < 4.78 is 12.8. The molecule has 2 aromatic carbocycles. The number of halogens is 1. The molecule has 0 spiro atoms. The zero-order chi connectivity index (χ0) is 16.1. The Morgan fingerprint density at radius 2 is 1.68 bits per heavy atom. The van der Waals surface area contributed by atoms with E-state index in [4.69, 9.17) is 17.3 Å². The van der Waals surface area contributed by atoms with Crippen LogP contribution >= 0.6 is 12.2 Å². The number of rotatable bonds is 3. The van der Waals surface area contributed by atoms with Crippen LogP contribution in [0.3, 0.4) is 0 Å². The van der Waals surface area contributed by atoms with Crippen molar-refractivity contribution < 1.29 is 19.1 Å². The number of carbonyl (C=O) groups excluding carboxylic acids is 1. The number of aromatic carboxylic acids is 1. The Kier molecular flexibility index (Phi) is 4.80. The second kappa shape index (κ2) is 6.77. The highest BCUT2D eigenvalue weighted by molar-refractivity contribution is 7.80. The third kappa shape index (κ3) is 3.86. The van der Waals surface area contributed by atoms with E-state index in [0.717, 1.165) is 12.1 Å². The van der Waals surface area contributed by atoms with E-state index in [1.165, 1.54) is 24.3 Å². The molecule has 0 fully saturated rings. The van der Waals surface area contributed by atoms with Gasteiger partial charge < -0.3 is 10.4 Å². The smallest absolute Gasteiger partial charge is 0.337 e. The first kappa shape index (κ1) is 15.6. The lowest BCUT2D eigenvalue weighted by atomic mass is 10.2. The first-order valence-corrected chi connectivity index (χ1v) is 6.58. The molecule has 1 amide bonds. The first-order valence-electron chi connectivity index (χ1n) is 6.17. The van der Waals surface area contributed by atoms with Crippen molar-refractivity contribution in [2.24, 2.45) is 0 Å². The largest absolute Gasteiger partial charge is 0.478 e. The number of carbonyl (C=O) groups is 2. The first-order chi connectivity index (χ1) is 10.5. The summed E-state index contributed by atoms with van der Waals surface area (Å²) in [5, 5.41) is 14.1. The summed E-state index contributed by atoms with van der Waals surface area (Å²) in [6.45, 7) is 0. The van der Waals surface area contributed by atoms with Gasteiger partial charge >= 0.3 is 5.97 Å². The average Bonchev–Trinajstić information content (AvgIpc) is 2.48. The number of carboxylic acids is 1. The minimum Gasteiger partial charge on any atom is -0.478 e. The van der Waals surface area contributed by atoms with Gasteiger partial charge in [-0.3, -0.25) is 10.1 Å². The van der Waals surface area contributed by atoms with E-state index in [-0.39, 0.29) is 21.9 Å². The van der Waals surface area contributed by atoms with E-state index >= 15 is 0 Å². The molecule has 0 heterocycles. The lowest BCUT2D eigenvalue weighted by Crippen LogP contribution is -2.34. The average molecular weight is 318 g/mol. The van der Waals surface area contributed by atoms with Crippen molar-refractivity contribution in [1.29, 1.82) is 0 Å². The monoisotopic (exact) mass is 318 g/mol. The van der Waals surface area contributed by atoms with Crippen LogP contribution in [0.1, 0.15) is 20.7 Å². The highest BCUT2D eigenvalue weighted by Crippen LogP contribution is 2.14. The van der Waals surface area contributed by atoms with Crippen molar-refractivity contribution in [3.8, 4) is 0 Å². The van der Waals surface area contributed by atoms with E-state index < -0.39 is 17.7 Å². The van der Waals surface area contributed by atoms with Crippen LogP contribution in [0.25, 0.3) is 0 Å². The number of thiocarbonyl (C=S) groups is 1. The fraction of sp³-hybridized carbons (Fsp3) is 0. The summed E-state index contributed by atoms with van der Waals surface area (Å²) in [4.78, 5) is 23.0. The number of amides is 1. The number of carboxylic acid groups (broad SMARTS) is 1. The van der Waals surface area contributed by atoms with Gasteiger partial charge in [0.25, 0.3) is 5.91 Å². The van der Waals surface area contributed by atoms with Gasteiger partial charge in [-0.05, 0) is 48.6 Å². The Balaban J connectivity index is 2.06. The van der Waals surface area contributed by atoms with Gasteiger partial charge in [-0.2, -0.15) is 0 Å². The molecule has 3 N–H and O–H groups in total. The second-order valence-electron chi connectivity index (χ2n) is 4.27. The zero-order valence-corrected chi connectivity index (χ0v) is 12.0. The lowest BCUT2D eigenvalue weighted by molar-refractivity contribution is 0.0698. The molecule has 0 radical (unpaired) electrons. The highest BCUT2D eigenvalue weighted by Gasteiger charge is 2.12. The highest BCUT2D eigenvalue weighted by atomic mass is 32.1. The Bertz CT molecular complexity index is 732. The molecular formula is C15H11FN2O3S. The maximum atomic E-state index is 12.8. The van der Waals surface area contributed by atoms with E-state index in [1.54, 1.807) is 12.1 Å². The van der Waals surface area contributed by atoms with Crippen LogP contribution in [0.5, 0.6) is 0 Å². The van der Waals surface area contributed by atoms with Gasteiger partial charge in [0.05, 0.1) is 11.3 Å². The number of anilines is 1. The number of nitrogens with one attached hydrogen (secondary N) is 2. The summed E-state index contributed by atoms with van der Waals surface area (Å²) >= 11 is 4.97. The third-order valence-electron chi connectivity index (χ3n) is 2.74. The fourth-order valence-corrected chi connectivity index (χ4v) is 1.91. The number of hydrogen-bond acceptors (Lipinski definition) is 3. The molecular weight excluding hydrogens is 307 g/mol. The van der Waals surface area contributed by atoms with E-state index in [0.29, 0.717) is 0 Å². The summed E-state index contributed by atoms with van der Waals surface area (Å²) in [6.07, 6.45) is 0. The molecule has 0 bridgehead atoms. The van der Waals surface area contributed by atoms with E-state index in [1.807, 2.05) is 0 Å². The van der Waals surface area contributed by atoms with Crippen LogP contribution in [0.4, 0.5) is 10.1 Å². The van der Waals surface area contributed by atoms with Crippen molar-refractivity contribution in [3.63, 3.8) is 0 Å². The summed E-state index contributed by atoms with van der Waals surface area (Å²) in [6, 6.07) is 11.1. The Morgan fingerprint density at radius 3 is 2.32 bits per heavy atom. The van der Waals surface area contributed by atoms with E-state index in [2.05, 4.69) is 10.6 Å². The molecule has 0 aliphatic rings. The number of hydrogen-bond donors (Lipinski definition) is 3. The number of benzene rings is 2. The molecule has 0 atom stereocenters. The normalized spacial score (nSPS) is 9.86. The SMILES string of the molecule is O=C(NC(=S)Nc1ccccc1C(=O)O)c1ccc(F)cc1. The zero-order valence-electron chi connectivity index (χ0n) is 11.2. The van der Waals surface area contributed by atoms with Gasteiger partial charge in [0.2, 0.25) is 0 Å². The topological polar surface area (TPSA) is 78.4 Å². The van der Waals surface area contributed by atoms with Crippen molar-refractivity contribution in [2.75, 3.05) is 5.32 Å². The molecule has 22 heavy (non-hydrogen) atoms. The maximum Gasteiger partial charge on any atom is 0.337 e. The minimum atomic E-state index is -1.12. The van der Waals surface area contributed by atoms with Crippen LogP contribution in [0.15, 0.2) is 48.5 Å². The molecule has 112 valence electrons. The van der Waals surface area contributed by atoms with Crippen molar-refractivity contribution in [3.05, 3.63) is 65.5 Å². The molecule has 0 aliphatic carbocycles. The summed E-state index contributed by atoms with van der Waals surface area (Å²) in [5.74, 6) is -2.09. The molecule has 7 heteroatoms. The van der Waals surface area contributed by atoms with Gasteiger partial charge in [-0.15, -0.1) is 0 Å². The van der Waals surface area contributed by atoms with Gasteiger partial charge in [0, 0.05) is 5.56 Å². The summed E-state index contributed by atoms with van der Waals surface area (Å²) in [7, 11) is 0. The predicted molar refractivity (Wildman–Crippen MR) is 83.5 cm³/mol. The van der Waals surface area contributed by atoms with Crippen LogP contribution in [0.2, 0.25) is 0 Å². The van der Waals surface area contributed by atoms with Crippen molar-refractivity contribution in [2.45, 2.75) is 0 Å². The van der Waals surface area contributed by atoms with Crippen molar-refractivity contribution >= 4 is 34.9 Å².